The standard InChI is InChI=1S/C15H24N4O/c1-3-6-16-15-5-4-14(11-17-15)12-18-7-9-19(10-8-18)13(2)20/h4-5,11H,3,6-10,12H2,1-2H3,(H,16,17). The van der Waals surface area contributed by atoms with E-state index >= 15 is 0 Å². The van der Waals surface area contributed by atoms with E-state index in [0.29, 0.717) is 0 Å². The third-order valence-electron chi connectivity index (χ3n) is 3.60. The van der Waals surface area contributed by atoms with Gasteiger partial charge in [0.15, 0.2) is 0 Å². The van der Waals surface area contributed by atoms with Gasteiger partial charge in [-0.2, -0.15) is 0 Å². The van der Waals surface area contributed by atoms with Gasteiger partial charge in [0.2, 0.25) is 5.91 Å². The first-order valence-corrected chi connectivity index (χ1v) is 7.35. The number of carbonyl (C=O) groups excluding carboxylic acids is 1. The fourth-order valence-corrected chi connectivity index (χ4v) is 2.35. The van der Waals surface area contributed by atoms with Crippen molar-refractivity contribution in [3.63, 3.8) is 0 Å². The number of piperazine rings is 1. The average molecular weight is 276 g/mol. The van der Waals surface area contributed by atoms with E-state index in [4.69, 9.17) is 0 Å². The molecule has 1 aliphatic heterocycles. The van der Waals surface area contributed by atoms with Gasteiger partial charge in [-0.15, -0.1) is 0 Å². The molecule has 1 amide bonds. The number of anilines is 1. The van der Waals surface area contributed by atoms with Crippen molar-refractivity contribution in [3.05, 3.63) is 23.9 Å². The third kappa shape index (κ3) is 4.20. The zero-order chi connectivity index (χ0) is 14.4. The number of hydrogen-bond donors (Lipinski definition) is 1. The normalized spacial score (nSPS) is 16.2. The smallest absolute Gasteiger partial charge is 0.219 e. The second-order valence-electron chi connectivity index (χ2n) is 5.26. The van der Waals surface area contributed by atoms with Crippen LogP contribution in [0.3, 0.4) is 0 Å². The molecule has 1 N–H and O–H groups in total. The zero-order valence-electron chi connectivity index (χ0n) is 12.4. The van der Waals surface area contributed by atoms with Gasteiger partial charge in [0.05, 0.1) is 0 Å². The van der Waals surface area contributed by atoms with Gasteiger partial charge in [0, 0.05) is 52.4 Å². The van der Waals surface area contributed by atoms with Crippen LogP contribution in [0, 0.1) is 0 Å². The summed E-state index contributed by atoms with van der Waals surface area (Å²) in [4.78, 5) is 20.0. The predicted octanol–water partition coefficient (Wildman–Crippen LogP) is 1.57. The summed E-state index contributed by atoms with van der Waals surface area (Å²) < 4.78 is 0. The van der Waals surface area contributed by atoms with Crippen molar-refractivity contribution in [2.24, 2.45) is 0 Å². The number of pyridine rings is 1. The molecule has 1 aromatic rings. The summed E-state index contributed by atoms with van der Waals surface area (Å²) in [6.45, 7) is 9.19. The Morgan fingerprint density at radius 2 is 2.05 bits per heavy atom. The molecular weight excluding hydrogens is 252 g/mol. The summed E-state index contributed by atoms with van der Waals surface area (Å²) in [5.74, 6) is 1.12. The molecule has 20 heavy (non-hydrogen) atoms. The summed E-state index contributed by atoms with van der Waals surface area (Å²) in [7, 11) is 0. The molecule has 2 heterocycles. The van der Waals surface area contributed by atoms with E-state index in [1.54, 1.807) is 6.92 Å². The first kappa shape index (κ1) is 14.8. The van der Waals surface area contributed by atoms with Gasteiger partial charge in [0.25, 0.3) is 0 Å². The van der Waals surface area contributed by atoms with Crippen LogP contribution in [0.15, 0.2) is 18.3 Å². The quantitative estimate of drug-likeness (QED) is 0.887. The van der Waals surface area contributed by atoms with Crippen molar-refractivity contribution < 1.29 is 4.79 Å². The Morgan fingerprint density at radius 3 is 2.60 bits per heavy atom. The average Bonchev–Trinajstić information content (AvgIpc) is 2.47. The number of nitrogens with one attached hydrogen (secondary N) is 1. The molecule has 1 aromatic heterocycles. The molecule has 1 saturated heterocycles. The molecule has 1 fully saturated rings. The lowest BCUT2D eigenvalue weighted by molar-refractivity contribution is -0.130. The topological polar surface area (TPSA) is 48.5 Å². The minimum absolute atomic E-state index is 0.178. The number of amides is 1. The first-order chi connectivity index (χ1) is 9.69. The Morgan fingerprint density at radius 1 is 1.30 bits per heavy atom. The molecule has 0 spiro atoms. The first-order valence-electron chi connectivity index (χ1n) is 7.35. The summed E-state index contributed by atoms with van der Waals surface area (Å²) in [5, 5.41) is 3.27. The SMILES string of the molecule is CCCNc1ccc(CN2CCN(C(C)=O)CC2)cn1. The third-order valence-corrected chi connectivity index (χ3v) is 3.60. The van der Waals surface area contributed by atoms with Crippen LogP contribution in [0.25, 0.3) is 0 Å². The highest BCUT2D eigenvalue weighted by Gasteiger charge is 2.18. The van der Waals surface area contributed by atoms with Gasteiger partial charge in [-0.25, -0.2) is 4.98 Å². The van der Waals surface area contributed by atoms with Crippen molar-refractivity contribution in [1.29, 1.82) is 0 Å². The maximum Gasteiger partial charge on any atom is 0.219 e. The summed E-state index contributed by atoms with van der Waals surface area (Å²) in [6, 6.07) is 4.17. The summed E-state index contributed by atoms with van der Waals surface area (Å²) >= 11 is 0. The molecule has 5 heteroatoms. The molecule has 0 radical (unpaired) electrons. The zero-order valence-corrected chi connectivity index (χ0v) is 12.4. The van der Waals surface area contributed by atoms with E-state index < -0.39 is 0 Å². The number of rotatable bonds is 5. The molecule has 110 valence electrons. The van der Waals surface area contributed by atoms with Crippen molar-refractivity contribution in [3.8, 4) is 0 Å². The van der Waals surface area contributed by atoms with Gasteiger partial charge in [-0.05, 0) is 18.1 Å². The molecule has 0 bridgehead atoms. The Bertz CT molecular complexity index is 424. The molecule has 0 saturated carbocycles. The van der Waals surface area contributed by atoms with Crippen LogP contribution in [0.2, 0.25) is 0 Å². The number of nitrogens with zero attached hydrogens (tertiary/aromatic N) is 3. The van der Waals surface area contributed by atoms with Crippen LogP contribution in [-0.4, -0.2) is 53.4 Å². The van der Waals surface area contributed by atoms with Gasteiger partial charge < -0.3 is 10.2 Å². The van der Waals surface area contributed by atoms with Crippen LogP contribution in [0.4, 0.5) is 5.82 Å². The van der Waals surface area contributed by atoms with Crippen LogP contribution in [-0.2, 0) is 11.3 Å². The van der Waals surface area contributed by atoms with E-state index in [-0.39, 0.29) is 5.91 Å². The minimum Gasteiger partial charge on any atom is -0.370 e. The Labute approximate surface area is 121 Å². The van der Waals surface area contributed by atoms with Crippen LogP contribution < -0.4 is 5.32 Å². The van der Waals surface area contributed by atoms with Crippen LogP contribution >= 0.6 is 0 Å². The molecule has 0 atom stereocenters. The van der Waals surface area contributed by atoms with Crippen molar-refractivity contribution in [2.45, 2.75) is 26.8 Å². The minimum atomic E-state index is 0.178. The van der Waals surface area contributed by atoms with E-state index in [1.807, 2.05) is 17.2 Å². The summed E-state index contributed by atoms with van der Waals surface area (Å²) in [6.07, 6.45) is 3.04. The van der Waals surface area contributed by atoms with Crippen LogP contribution in [0.5, 0.6) is 0 Å². The molecule has 5 nitrogen and oxygen atoms in total. The highest BCUT2D eigenvalue weighted by molar-refractivity contribution is 5.73. The molecule has 2 rings (SSSR count). The number of carbonyl (C=O) groups is 1. The highest BCUT2D eigenvalue weighted by Crippen LogP contribution is 2.10. The number of aromatic nitrogens is 1. The van der Waals surface area contributed by atoms with E-state index in [2.05, 4.69) is 28.2 Å². The Kier molecular flexibility index (Phi) is 5.35. The van der Waals surface area contributed by atoms with Gasteiger partial charge in [-0.1, -0.05) is 13.0 Å². The maximum atomic E-state index is 11.3. The lowest BCUT2D eigenvalue weighted by atomic mass is 10.2. The van der Waals surface area contributed by atoms with E-state index in [1.165, 1.54) is 5.56 Å². The summed E-state index contributed by atoms with van der Waals surface area (Å²) in [5.41, 5.74) is 1.23. The highest BCUT2D eigenvalue weighted by atomic mass is 16.2. The number of hydrogen-bond acceptors (Lipinski definition) is 4. The van der Waals surface area contributed by atoms with E-state index in [0.717, 1.165) is 51.5 Å². The Balaban J connectivity index is 1.80. The van der Waals surface area contributed by atoms with Crippen molar-refractivity contribution in [2.75, 3.05) is 38.0 Å². The second-order valence-corrected chi connectivity index (χ2v) is 5.26. The fourth-order valence-electron chi connectivity index (χ4n) is 2.35. The molecule has 0 aromatic carbocycles. The predicted molar refractivity (Wildman–Crippen MR) is 80.5 cm³/mol. The van der Waals surface area contributed by atoms with Gasteiger partial charge >= 0.3 is 0 Å². The lowest BCUT2D eigenvalue weighted by Gasteiger charge is -2.34. The van der Waals surface area contributed by atoms with Gasteiger partial charge in [-0.3, -0.25) is 9.69 Å². The fraction of sp³-hybridized carbons (Fsp3) is 0.600. The molecule has 0 unspecified atom stereocenters. The largest absolute Gasteiger partial charge is 0.370 e. The van der Waals surface area contributed by atoms with E-state index in [9.17, 15) is 4.79 Å². The molecule has 1 aliphatic rings. The Hall–Kier alpha value is -1.62. The molecule has 0 aliphatic carbocycles. The van der Waals surface area contributed by atoms with Crippen LogP contribution in [0.1, 0.15) is 25.8 Å². The molecular formula is C15H24N4O. The van der Waals surface area contributed by atoms with Crippen molar-refractivity contribution in [1.82, 2.24) is 14.8 Å². The maximum absolute atomic E-state index is 11.3. The lowest BCUT2D eigenvalue weighted by Crippen LogP contribution is -2.47. The monoisotopic (exact) mass is 276 g/mol. The van der Waals surface area contributed by atoms with Gasteiger partial charge in [0.1, 0.15) is 5.82 Å². The van der Waals surface area contributed by atoms with Crippen molar-refractivity contribution >= 4 is 11.7 Å². The second kappa shape index (κ2) is 7.24.